The summed E-state index contributed by atoms with van der Waals surface area (Å²) < 4.78 is 57.0. The predicted molar refractivity (Wildman–Crippen MR) is 108 cm³/mol. The van der Waals surface area contributed by atoms with Gasteiger partial charge in [0.05, 0.1) is 5.69 Å². The molecule has 0 saturated heterocycles. The van der Waals surface area contributed by atoms with Crippen molar-refractivity contribution in [2.24, 2.45) is 0 Å². The van der Waals surface area contributed by atoms with Gasteiger partial charge in [0.25, 0.3) is 22.9 Å². The van der Waals surface area contributed by atoms with Crippen LogP contribution in [-0.4, -0.2) is 27.5 Å². The van der Waals surface area contributed by atoms with Crippen molar-refractivity contribution < 1.29 is 27.2 Å². The van der Waals surface area contributed by atoms with Crippen molar-refractivity contribution in [2.75, 3.05) is 5.32 Å². The van der Waals surface area contributed by atoms with Gasteiger partial charge in [0.15, 0.2) is 0 Å². The molecule has 1 aromatic heterocycles. The first-order valence-corrected chi connectivity index (χ1v) is 9.45. The standard InChI is InChI=1S/C20H11ClF4N4O4/c21-10-3-1-2-9(8-10)15(30)28-19(20(23,24)25)13-14(26-17(19)32)29(18(33)27-16(13)31)12-6-4-11(22)5-7-12/h1-8H,(H,26,32)(H,28,30)(H,27,31,33)/t19-/m0/s1. The van der Waals surface area contributed by atoms with Gasteiger partial charge in [0.2, 0.25) is 0 Å². The second kappa shape index (κ2) is 7.59. The normalized spacial score (nSPS) is 17.4. The second-order valence-electron chi connectivity index (χ2n) is 6.96. The predicted octanol–water partition coefficient (Wildman–Crippen LogP) is 2.46. The molecule has 8 nitrogen and oxygen atoms in total. The van der Waals surface area contributed by atoms with E-state index in [1.165, 1.54) is 12.1 Å². The number of benzene rings is 2. The van der Waals surface area contributed by atoms with Crippen LogP contribution in [0.15, 0.2) is 58.1 Å². The molecule has 0 bridgehead atoms. The maximum absolute atomic E-state index is 14.4. The van der Waals surface area contributed by atoms with E-state index in [9.17, 15) is 36.7 Å². The summed E-state index contributed by atoms with van der Waals surface area (Å²) in [5, 5.41) is 3.52. The molecule has 4 rings (SSSR count). The van der Waals surface area contributed by atoms with Crippen LogP contribution in [0.2, 0.25) is 5.02 Å². The number of aromatic nitrogens is 2. The zero-order valence-electron chi connectivity index (χ0n) is 16.1. The molecular weight excluding hydrogens is 472 g/mol. The Balaban J connectivity index is 1.97. The zero-order valence-corrected chi connectivity index (χ0v) is 16.8. The van der Waals surface area contributed by atoms with Gasteiger partial charge in [-0.3, -0.25) is 19.4 Å². The summed E-state index contributed by atoms with van der Waals surface area (Å²) >= 11 is 5.78. The molecule has 2 amide bonds. The summed E-state index contributed by atoms with van der Waals surface area (Å²) in [6.07, 6.45) is -5.51. The van der Waals surface area contributed by atoms with Crippen molar-refractivity contribution in [1.29, 1.82) is 0 Å². The highest BCUT2D eigenvalue weighted by Crippen LogP contribution is 2.45. The van der Waals surface area contributed by atoms with Gasteiger partial charge in [-0.1, -0.05) is 17.7 Å². The average Bonchev–Trinajstić information content (AvgIpc) is 3.02. The average molecular weight is 483 g/mol. The molecule has 3 N–H and O–H groups in total. The number of hydrogen-bond acceptors (Lipinski definition) is 4. The maximum Gasteiger partial charge on any atom is 0.425 e. The maximum atomic E-state index is 14.4. The fourth-order valence-corrected chi connectivity index (χ4v) is 3.68. The number of nitrogens with zero attached hydrogens (tertiary/aromatic N) is 1. The van der Waals surface area contributed by atoms with Gasteiger partial charge in [-0.25, -0.2) is 13.8 Å². The largest absolute Gasteiger partial charge is 0.425 e. The molecule has 13 heteroatoms. The first-order valence-electron chi connectivity index (χ1n) is 9.07. The van der Waals surface area contributed by atoms with E-state index >= 15 is 0 Å². The van der Waals surface area contributed by atoms with Crippen LogP contribution >= 0.6 is 11.6 Å². The number of fused-ring (bicyclic) bond motifs is 1. The van der Waals surface area contributed by atoms with E-state index in [0.717, 1.165) is 36.4 Å². The molecule has 1 aliphatic rings. The summed E-state index contributed by atoms with van der Waals surface area (Å²) in [5.74, 6) is -4.68. The quantitative estimate of drug-likeness (QED) is 0.498. The van der Waals surface area contributed by atoms with Gasteiger partial charge < -0.3 is 10.6 Å². The third-order valence-electron chi connectivity index (χ3n) is 4.96. The Bertz CT molecular complexity index is 1420. The number of nitrogens with one attached hydrogen (secondary N) is 3. The SMILES string of the molecule is O=C(N[C@]1(C(F)(F)F)C(=O)Nc2c1c(=O)[nH]c(=O)n2-c1ccc(F)cc1)c1cccc(Cl)c1. The van der Waals surface area contributed by atoms with Crippen LogP contribution in [0.3, 0.4) is 0 Å². The number of amides is 2. The first-order chi connectivity index (χ1) is 15.5. The molecular formula is C20H11ClF4N4O4. The number of halogens is 5. The highest BCUT2D eigenvalue weighted by Gasteiger charge is 2.68. The van der Waals surface area contributed by atoms with Crippen LogP contribution in [-0.2, 0) is 10.3 Å². The number of carbonyl (C=O) groups is 2. The number of alkyl halides is 3. The smallest absolute Gasteiger partial charge is 0.326 e. The molecule has 0 saturated carbocycles. The van der Waals surface area contributed by atoms with Crippen LogP contribution in [0.1, 0.15) is 15.9 Å². The van der Waals surface area contributed by atoms with Crippen LogP contribution < -0.4 is 21.9 Å². The summed E-state index contributed by atoms with van der Waals surface area (Å²) in [6, 6.07) is 8.86. The molecule has 2 aromatic carbocycles. The van der Waals surface area contributed by atoms with E-state index in [1.54, 1.807) is 10.3 Å². The van der Waals surface area contributed by atoms with Crippen molar-refractivity contribution in [1.82, 2.24) is 14.9 Å². The van der Waals surface area contributed by atoms with E-state index in [4.69, 9.17) is 11.6 Å². The minimum atomic E-state index is -5.51. The monoisotopic (exact) mass is 482 g/mol. The Kier molecular flexibility index (Phi) is 5.12. The Labute approximate surface area is 185 Å². The summed E-state index contributed by atoms with van der Waals surface area (Å²) in [7, 11) is 0. The fraction of sp³-hybridized carbons (Fsp3) is 0.100. The van der Waals surface area contributed by atoms with Crippen LogP contribution in [0.4, 0.5) is 23.4 Å². The molecule has 0 unspecified atom stereocenters. The Hall–Kier alpha value is -3.93. The van der Waals surface area contributed by atoms with E-state index in [1.807, 2.05) is 5.32 Å². The van der Waals surface area contributed by atoms with Crippen molar-refractivity contribution in [3.05, 3.63) is 91.3 Å². The molecule has 33 heavy (non-hydrogen) atoms. The van der Waals surface area contributed by atoms with Crippen LogP contribution in [0, 0.1) is 5.82 Å². The minimum Gasteiger partial charge on any atom is -0.326 e. The molecule has 0 radical (unpaired) electrons. The number of anilines is 1. The van der Waals surface area contributed by atoms with Crippen molar-refractivity contribution in [3.63, 3.8) is 0 Å². The minimum absolute atomic E-state index is 0.0444. The second-order valence-corrected chi connectivity index (χ2v) is 7.40. The molecule has 0 aliphatic carbocycles. The lowest BCUT2D eigenvalue weighted by molar-refractivity contribution is -0.196. The van der Waals surface area contributed by atoms with Crippen LogP contribution in [0.25, 0.3) is 5.69 Å². The summed E-state index contributed by atoms with van der Waals surface area (Å²) in [4.78, 5) is 52.1. The van der Waals surface area contributed by atoms with Crippen LogP contribution in [0.5, 0.6) is 0 Å². The van der Waals surface area contributed by atoms with E-state index in [2.05, 4.69) is 0 Å². The van der Waals surface area contributed by atoms with Gasteiger partial charge in [-0.05, 0) is 42.5 Å². The Morgan fingerprint density at radius 1 is 1.06 bits per heavy atom. The van der Waals surface area contributed by atoms with Gasteiger partial charge in [-0.2, -0.15) is 13.2 Å². The fourth-order valence-electron chi connectivity index (χ4n) is 3.49. The molecule has 0 fully saturated rings. The Morgan fingerprint density at radius 2 is 1.73 bits per heavy atom. The third-order valence-corrected chi connectivity index (χ3v) is 5.19. The number of rotatable bonds is 3. The molecule has 1 atom stereocenters. The zero-order chi connectivity index (χ0) is 24.1. The summed E-state index contributed by atoms with van der Waals surface area (Å²) in [5.41, 5.74) is -8.27. The molecule has 170 valence electrons. The lowest BCUT2D eigenvalue weighted by atomic mass is 9.91. The Morgan fingerprint density at radius 3 is 2.33 bits per heavy atom. The topological polar surface area (TPSA) is 113 Å². The van der Waals surface area contributed by atoms with Gasteiger partial charge in [-0.15, -0.1) is 0 Å². The van der Waals surface area contributed by atoms with Crippen molar-refractivity contribution in [2.45, 2.75) is 11.7 Å². The van der Waals surface area contributed by atoms with Crippen molar-refractivity contribution in [3.8, 4) is 5.69 Å². The molecule has 0 spiro atoms. The highest BCUT2D eigenvalue weighted by molar-refractivity contribution is 6.31. The van der Waals surface area contributed by atoms with E-state index < -0.39 is 52.0 Å². The lowest BCUT2D eigenvalue weighted by Crippen LogP contribution is -2.62. The number of hydrogen-bond donors (Lipinski definition) is 3. The van der Waals surface area contributed by atoms with Gasteiger partial charge in [0, 0.05) is 10.6 Å². The van der Waals surface area contributed by atoms with Crippen molar-refractivity contribution >= 4 is 29.2 Å². The molecule has 3 aromatic rings. The lowest BCUT2D eigenvalue weighted by Gasteiger charge is -2.30. The van der Waals surface area contributed by atoms with Gasteiger partial charge >= 0.3 is 11.9 Å². The number of aromatic amines is 1. The van der Waals surface area contributed by atoms with E-state index in [0.29, 0.717) is 4.57 Å². The molecule has 1 aliphatic heterocycles. The third kappa shape index (κ3) is 3.48. The summed E-state index contributed by atoms with van der Waals surface area (Å²) in [6.45, 7) is 0. The number of carbonyl (C=O) groups excluding carboxylic acids is 2. The molecule has 2 heterocycles. The van der Waals surface area contributed by atoms with Gasteiger partial charge in [0.1, 0.15) is 17.2 Å². The first kappa shape index (κ1) is 22.3. The van der Waals surface area contributed by atoms with E-state index in [-0.39, 0.29) is 16.3 Å². The number of H-pyrrole nitrogens is 1. The highest BCUT2D eigenvalue weighted by atomic mass is 35.5.